The van der Waals surface area contributed by atoms with E-state index in [-0.39, 0.29) is 5.75 Å². The summed E-state index contributed by atoms with van der Waals surface area (Å²) in [4.78, 5) is 0. The first-order chi connectivity index (χ1) is 10.7. The van der Waals surface area contributed by atoms with Gasteiger partial charge >= 0.3 is 0 Å². The molecule has 124 valence electrons. The number of aryl methyl sites for hydroxylation is 1. The summed E-state index contributed by atoms with van der Waals surface area (Å²) in [6.07, 6.45) is 12.3. The topological polar surface area (TPSA) is 52.8 Å². The van der Waals surface area contributed by atoms with Crippen molar-refractivity contribution in [2.24, 2.45) is 5.16 Å². The molecule has 0 aliphatic carbocycles. The van der Waals surface area contributed by atoms with Crippen molar-refractivity contribution in [2.75, 3.05) is 0 Å². The quantitative estimate of drug-likeness (QED) is 0.235. The molecular weight excluding hydrogens is 274 g/mol. The molecule has 0 atom stereocenters. The van der Waals surface area contributed by atoms with Gasteiger partial charge in [-0.05, 0) is 31.4 Å². The Balaban J connectivity index is 2.21. The van der Waals surface area contributed by atoms with E-state index < -0.39 is 0 Å². The fourth-order valence-corrected chi connectivity index (χ4v) is 2.64. The minimum atomic E-state index is 0.255. The number of phenols is 1. The van der Waals surface area contributed by atoms with Gasteiger partial charge in [0.1, 0.15) is 5.75 Å². The van der Waals surface area contributed by atoms with Crippen molar-refractivity contribution in [2.45, 2.75) is 78.1 Å². The Bertz CT molecular complexity index is 455. The average Bonchev–Trinajstić information content (AvgIpc) is 2.52. The Kier molecular flexibility index (Phi) is 9.36. The van der Waals surface area contributed by atoms with Gasteiger partial charge in [-0.15, -0.1) is 0 Å². The largest absolute Gasteiger partial charge is 0.508 e. The lowest BCUT2D eigenvalue weighted by Gasteiger charge is -2.07. The maximum absolute atomic E-state index is 9.74. The number of aromatic hydroxyl groups is 1. The van der Waals surface area contributed by atoms with Crippen LogP contribution in [0.25, 0.3) is 0 Å². The van der Waals surface area contributed by atoms with Crippen LogP contribution in [-0.4, -0.2) is 16.0 Å². The van der Waals surface area contributed by atoms with E-state index in [0.29, 0.717) is 5.71 Å². The second-order valence-electron chi connectivity index (χ2n) is 6.13. The van der Waals surface area contributed by atoms with Crippen LogP contribution in [0.1, 0.15) is 82.3 Å². The van der Waals surface area contributed by atoms with Gasteiger partial charge in [0, 0.05) is 5.56 Å². The molecule has 0 aliphatic rings. The minimum Gasteiger partial charge on any atom is -0.508 e. The molecule has 0 saturated heterocycles. The molecule has 0 unspecified atom stereocenters. The molecule has 0 aliphatic heterocycles. The zero-order valence-corrected chi connectivity index (χ0v) is 14.1. The normalized spacial score (nSPS) is 11.8. The smallest absolute Gasteiger partial charge is 0.119 e. The van der Waals surface area contributed by atoms with Gasteiger partial charge in [-0.3, -0.25) is 0 Å². The molecule has 22 heavy (non-hydrogen) atoms. The molecule has 2 N–H and O–H groups in total. The third-order valence-corrected chi connectivity index (χ3v) is 4.18. The molecular formula is C19H31NO2. The Morgan fingerprint density at radius 1 is 0.955 bits per heavy atom. The highest BCUT2D eigenvalue weighted by atomic mass is 16.4. The van der Waals surface area contributed by atoms with Crippen molar-refractivity contribution in [3.8, 4) is 5.75 Å². The molecule has 1 aromatic rings. The first kappa shape index (κ1) is 18.5. The third-order valence-electron chi connectivity index (χ3n) is 4.18. The lowest BCUT2D eigenvalue weighted by Crippen LogP contribution is -2.01. The number of rotatable bonds is 11. The number of phenolic OH excluding ortho intramolecular Hbond substituents is 1. The molecule has 0 saturated carbocycles. The maximum atomic E-state index is 9.74. The van der Waals surface area contributed by atoms with Gasteiger partial charge in [0.15, 0.2) is 0 Å². The lowest BCUT2D eigenvalue weighted by molar-refractivity contribution is 0.317. The summed E-state index contributed by atoms with van der Waals surface area (Å²) in [5, 5.41) is 22.3. The lowest BCUT2D eigenvalue weighted by atomic mass is 10.0. The summed E-state index contributed by atoms with van der Waals surface area (Å²) in [5.74, 6) is 0.255. The number of hydrogen-bond acceptors (Lipinski definition) is 3. The summed E-state index contributed by atoms with van der Waals surface area (Å²) in [5.41, 5.74) is 2.31. The average molecular weight is 305 g/mol. The van der Waals surface area contributed by atoms with Crippen LogP contribution in [0.3, 0.4) is 0 Å². The van der Waals surface area contributed by atoms with Crippen LogP contribution in [0.2, 0.25) is 0 Å². The minimum absolute atomic E-state index is 0.255. The monoisotopic (exact) mass is 305 g/mol. The maximum Gasteiger partial charge on any atom is 0.119 e. The first-order valence-corrected chi connectivity index (χ1v) is 8.70. The van der Waals surface area contributed by atoms with Crippen LogP contribution in [0.4, 0.5) is 0 Å². The van der Waals surface area contributed by atoms with Gasteiger partial charge in [-0.1, -0.05) is 75.6 Å². The van der Waals surface area contributed by atoms with E-state index in [1.165, 1.54) is 51.4 Å². The van der Waals surface area contributed by atoms with Gasteiger partial charge in [0.2, 0.25) is 0 Å². The molecule has 1 aromatic carbocycles. The Hall–Kier alpha value is -1.51. The van der Waals surface area contributed by atoms with Crippen LogP contribution >= 0.6 is 0 Å². The summed E-state index contributed by atoms with van der Waals surface area (Å²) in [6, 6.07) is 5.43. The number of benzene rings is 1. The molecule has 0 aromatic heterocycles. The van der Waals surface area contributed by atoms with E-state index in [4.69, 9.17) is 5.21 Å². The Morgan fingerprint density at radius 3 is 2.09 bits per heavy atom. The highest BCUT2D eigenvalue weighted by Crippen LogP contribution is 2.20. The molecule has 0 spiro atoms. The molecule has 0 amide bonds. The highest BCUT2D eigenvalue weighted by molar-refractivity contribution is 6.00. The standard InChI is InChI=1S/C19H31NO2/c1-3-4-5-6-7-8-9-10-11-12-18(20-22)17-14-13-16(2)19(21)15-17/h13-15,21-22H,3-12H2,1-2H3. The molecule has 0 heterocycles. The van der Waals surface area contributed by atoms with Crippen molar-refractivity contribution >= 4 is 5.71 Å². The van der Waals surface area contributed by atoms with Crippen LogP contribution < -0.4 is 0 Å². The molecule has 1 rings (SSSR count). The van der Waals surface area contributed by atoms with E-state index in [9.17, 15) is 5.11 Å². The summed E-state index contributed by atoms with van der Waals surface area (Å²) in [7, 11) is 0. The van der Waals surface area contributed by atoms with Crippen LogP contribution in [0.5, 0.6) is 5.75 Å². The van der Waals surface area contributed by atoms with Gasteiger partial charge in [-0.25, -0.2) is 0 Å². The van der Waals surface area contributed by atoms with Crippen LogP contribution in [-0.2, 0) is 0 Å². The first-order valence-electron chi connectivity index (χ1n) is 8.70. The van der Waals surface area contributed by atoms with E-state index in [1.807, 2.05) is 19.1 Å². The predicted octanol–water partition coefficient (Wildman–Crippen LogP) is 5.80. The second kappa shape index (κ2) is 11.1. The molecule has 0 bridgehead atoms. The molecule has 3 heteroatoms. The Morgan fingerprint density at radius 2 is 1.55 bits per heavy atom. The van der Waals surface area contributed by atoms with Crippen molar-refractivity contribution in [1.82, 2.24) is 0 Å². The van der Waals surface area contributed by atoms with Gasteiger partial charge < -0.3 is 10.3 Å². The van der Waals surface area contributed by atoms with Crippen molar-refractivity contribution in [3.05, 3.63) is 29.3 Å². The van der Waals surface area contributed by atoms with Crippen molar-refractivity contribution < 1.29 is 10.3 Å². The van der Waals surface area contributed by atoms with Gasteiger partial charge in [-0.2, -0.15) is 0 Å². The van der Waals surface area contributed by atoms with E-state index in [2.05, 4.69) is 12.1 Å². The number of unbranched alkanes of at least 4 members (excludes halogenated alkanes) is 8. The SMILES string of the molecule is CCCCCCCCCCCC(=NO)c1ccc(C)c(O)c1. The molecule has 0 radical (unpaired) electrons. The molecule has 3 nitrogen and oxygen atoms in total. The number of nitrogens with zero attached hydrogens (tertiary/aromatic N) is 1. The molecule has 0 fully saturated rings. The summed E-state index contributed by atoms with van der Waals surface area (Å²) >= 11 is 0. The second-order valence-corrected chi connectivity index (χ2v) is 6.13. The zero-order valence-electron chi connectivity index (χ0n) is 14.1. The summed E-state index contributed by atoms with van der Waals surface area (Å²) in [6.45, 7) is 4.10. The predicted molar refractivity (Wildman–Crippen MR) is 93.0 cm³/mol. The third kappa shape index (κ3) is 6.97. The highest BCUT2D eigenvalue weighted by Gasteiger charge is 2.06. The van der Waals surface area contributed by atoms with E-state index in [1.54, 1.807) is 6.07 Å². The fourth-order valence-electron chi connectivity index (χ4n) is 2.64. The van der Waals surface area contributed by atoms with Crippen molar-refractivity contribution in [3.63, 3.8) is 0 Å². The van der Waals surface area contributed by atoms with E-state index >= 15 is 0 Å². The van der Waals surface area contributed by atoms with Crippen molar-refractivity contribution in [1.29, 1.82) is 0 Å². The van der Waals surface area contributed by atoms with Crippen LogP contribution in [0, 0.1) is 6.92 Å². The zero-order chi connectivity index (χ0) is 16.2. The van der Waals surface area contributed by atoms with E-state index in [0.717, 1.165) is 24.0 Å². The summed E-state index contributed by atoms with van der Waals surface area (Å²) < 4.78 is 0. The van der Waals surface area contributed by atoms with Crippen LogP contribution in [0.15, 0.2) is 23.4 Å². The number of oxime groups is 1. The van der Waals surface area contributed by atoms with Gasteiger partial charge in [0.25, 0.3) is 0 Å². The fraction of sp³-hybridized carbons (Fsp3) is 0.632. The number of hydrogen-bond donors (Lipinski definition) is 2. The van der Waals surface area contributed by atoms with Gasteiger partial charge in [0.05, 0.1) is 5.71 Å². The Labute approximate surface area is 135 Å².